The van der Waals surface area contributed by atoms with Crippen LogP contribution < -0.4 is 10.4 Å². The first kappa shape index (κ1) is 15.3. The molecule has 1 aromatic carbocycles. The molecule has 2 rings (SSSR count). The average Bonchev–Trinajstić information content (AvgIpc) is 2.33. The smallest absolute Gasteiger partial charge is 0.408 e. The van der Waals surface area contributed by atoms with Crippen molar-refractivity contribution in [3.8, 4) is 0 Å². The molecule has 0 saturated heterocycles. The van der Waals surface area contributed by atoms with E-state index in [0.29, 0.717) is 17.2 Å². The maximum atomic E-state index is 12.1. The van der Waals surface area contributed by atoms with Crippen LogP contribution in [0.5, 0.6) is 0 Å². The highest BCUT2D eigenvalue weighted by Crippen LogP contribution is 2.30. The van der Waals surface area contributed by atoms with Crippen molar-refractivity contribution in [1.29, 1.82) is 0 Å². The summed E-state index contributed by atoms with van der Waals surface area (Å²) in [4.78, 5) is 23.9. The second-order valence-corrected chi connectivity index (χ2v) is 6.14. The van der Waals surface area contributed by atoms with Gasteiger partial charge in [0.2, 0.25) is 0 Å². The highest BCUT2D eigenvalue weighted by atomic mass is 16.6. The number of aryl methyl sites for hydroxylation is 1. The van der Waals surface area contributed by atoms with Crippen molar-refractivity contribution in [2.75, 3.05) is 5.06 Å². The predicted molar refractivity (Wildman–Crippen MR) is 77.3 cm³/mol. The van der Waals surface area contributed by atoms with Gasteiger partial charge in [-0.1, -0.05) is 18.2 Å². The van der Waals surface area contributed by atoms with Crippen LogP contribution in [0.4, 0.5) is 10.5 Å². The normalized spacial score (nSPS) is 18.2. The lowest BCUT2D eigenvalue weighted by Gasteiger charge is -2.31. The zero-order chi connectivity index (χ0) is 15.8. The Balaban J connectivity index is 2.17. The van der Waals surface area contributed by atoms with Gasteiger partial charge in [0.25, 0.3) is 5.91 Å². The Morgan fingerprint density at radius 3 is 2.71 bits per heavy atom. The van der Waals surface area contributed by atoms with Gasteiger partial charge in [-0.3, -0.25) is 10.0 Å². The molecule has 0 aromatic heterocycles. The molecule has 0 saturated carbocycles. The lowest BCUT2D eigenvalue weighted by Crippen LogP contribution is -2.52. The monoisotopic (exact) mass is 292 g/mol. The van der Waals surface area contributed by atoms with Crippen LogP contribution in [0.15, 0.2) is 18.2 Å². The van der Waals surface area contributed by atoms with Crippen LogP contribution in [0, 0.1) is 6.92 Å². The van der Waals surface area contributed by atoms with Crippen molar-refractivity contribution in [2.24, 2.45) is 0 Å². The van der Waals surface area contributed by atoms with Gasteiger partial charge in [0.05, 0.1) is 5.69 Å². The Morgan fingerprint density at radius 1 is 1.43 bits per heavy atom. The van der Waals surface area contributed by atoms with E-state index in [-0.39, 0.29) is 0 Å². The van der Waals surface area contributed by atoms with E-state index in [9.17, 15) is 14.8 Å². The lowest BCUT2D eigenvalue weighted by molar-refractivity contribution is -0.126. The topological polar surface area (TPSA) is 78.9 Å². The second-order valence-electron chi connectivity index (χ2n) is 6.14. The van der Waals surface area contributed by atoms with Gasteiger partial charge in [-0.05, 0) is 38.8 Å². The average molecular weight is 292 g/mol. The number of amides is 2. The Morgan fingerprint density at radius 2 is 2.10 bits per heavy atom. The number of carbonyl (C=O) groups is 2. The number of anilines is 1. The highest BCUT2D eigenvalue weighted by Gasteiger charge is 2.35. The van der Waals surface area contributed by atoms with Crippen LogP contribution in [0.1, 0.15) is 31.9 Å². The molecule has 1 aliphatic rings. The van der Waals surface area contributed by atoms with E-state index in [4.69, 9.17) is 4.74 Å². The molecule has 1 aliphatic heterocycles. The number of rotatable bonds is 1. The molecule has 6 heteroatoms. The van der Waals surface area contributed by atoms with Crippen LogP contribution in [-0.2, 0) is 16.0 Å². The van der Waals surface area contributed by atoms with Gasteiger partial charge in [0, 0.05) is 6.42 Å². The third kappa shape index (κ3) is 3.33. The van der Waals surface area contributed by atoms with Crippen LogP contribution in [-0.4, -0.2) is 28.9 Å². The number of nitrogens with one attached hydrogen (secondary N) is 1. The minimum absolute atomic E-state index is 0.326. The van der Waals surface area contributed by atoms with Gasteiger partial charge in [-0.25, -0.2) is 4.79 Å². The zero-order valence-electron chi connectivity index (χ0n) is 12.6. The molecule has 1 atom stereocenters. The molecule has 21 heavy (non-hydrogen) atoms. The molecule has 0 bridgehead atoms. The van der Waals surface area contributed by atoms with Crippen LogP contribution in [0.3, 0.4) is 0 Å². The minimum Gasteiger partial charge on any atom is -0.444 e. The molecule has 0 spiro atoms. The first-order chi connectivity index (χ1) is 9.69. The number of benzene rings is 1. The molecule has 0 aliphatic carbocycles. The second kappa shape index (κ2) is 5.37. The summed E-state index contributed by atoms with van der Waals surface area (Å²) >= 11 is 0. The number of fused-ring (bicyclic) bond motifs is 1. The number of para-hydroxylation sites is 1. The molecule has 1 heterocycles. The van der Waals surface area contributed by atoms with Crippen molar-refractivity contribution in [2.45, 2.75) is 45.8 Å². The fraction of sp³-hybridized carbons (Fsp3) is 0.467. The maximum absolute atomic E-state index is 12.1. The standard InChI is InChI=1S/C15H20N2O4/c1-9-6-5-7-10-8-11(13(18)17(20)12(9)10)16-14(19)21-15(2,3)4/h5-7,11,20H,8H2,1-4H3,(H,16,19)/t11-/m0/s1. The first-order valence-corrected chi connectivity index (χ1v) is 6.80. The summed E-state index contributed by atoms with van der Waals surface area (Å²) < 4.78 is 5.13. The van der Waals surface area contributed by atoms with E-state index in [1.165, 1.54) is 0 Å². The van der Waals surface area contributed by atoms with Gasteiger partial charge >= 0.3 is 6.09 Å². The zero-order valence-corrected chi connectivity index (χ0v) is 12.6. The van der Waals surface area contributed by atoms with Crippen LogP contribution in [0.25, 0.3) is 0 Å². The summed E-state index contributed by atoms with van der Waals surface area (Å²) in [6, 6.07) is 4.65. The predicted octanol–water partition coefficient (Wildman–Crippen LogP) is 2.17. The van der Waals surface area contributed by atoms with Crippen molar-refractivity contribution in [3.05, 3.63) is 29.3 Å². The first-order valence-electron chi connectivity index (χ1n) is 6.80. The van der Waals surface area contributed by atoms with Gasteiger partial charge in [-0.2, -0.15) is 5.06 Å². The Kier molecular flexibility index (Phi) is 3.91. The fourth-order valence-electron chi connectivity index (χ4n) is 2.32. The number of nitrogens with zero attached hydrogens (tertiary/aromatic N) is 1. The summed E-state index contributed by atoms with van der Waals surface area (Å²) in [5.74, 6) is -0.567. The largest absolute Gasteiger partial charge is 0.444 e. The number of hydrogen-bond donors (Lipinski definition) is 2. The van der Waals surface area contributed by atoms with E-state index in [1.807, 2.05) is 25.1 Å². The molecule has 2 N–H and O–H groups in total. The van der Waals surface area contributed by atoms with E-state index in [0.717, 1.165) is 11.1 Å². The third-order valence-corrected chi connectivity index (χ3v) is 3.15. The number of ether oxygens (including phenoxy) is 1. The number of alkyl carbamates (subject to hydrolysis) is 1. The molecule has 0 radical (unpaired) electrons. The van der Waals surface area contributed by atoms with Crippen molar-refractivity contribution < 1.29 is 19.5 Å². The van der Waals surface area contributed by atoms with Crippen molar-refractivity contribution >= 4 is 17.7 Å². The van der Waals surface area contributed by atoms with E-state index >= 15 is 0 Å². The van der Waals surface area contributed by atoms with Gasteiger partial charge in [0.1, 0.15) is 11.6 Å². The molecule has 114 valence electrons. The Bertz CT molecular complexity index is 578. The Hall–Kier alpha value is -2.08. The van der Waals surface area contributed by atoms with Crippen molar-refractivity contribution in [3.63, 3.8) is 0 Å². The Labute approximate surface area is 123 Å². The van der Waals surface area contributed by atoms with E-state index < -0.39 is 23.6 Å². The molecule has 0 fully saturated rings. The lowest BCUT2D eigenvalue weighted by atomic mass is 9.96. The van der Waals surface area contributed by atoms with E-state index in [2.05, 4.69) is 5.32 Å². The van der Waals surface area contributed by atoms with Crippen molar-refractivity contribution in [1.82, 2.24) is 5.32 Å². The molecular formula is C15H20N2O4. The van der Waals surface area contributed by atoms with E-state index in [1.54, 1.807) is 20.8 Å². The highest BCUT2D eigenvalue weighted by molar-refractivity contribution is 6.00. The van der Waals surface area contributed by atoms with Gasteiger partial charge < -0.3 is 10.1 Å². The molecule has 0 unspecified atom stereocenters. The summed E-state index contributed by atoms with van der Waals surface area (Å²) in [5, 5.41) is 13.1. The number of hydrogen-bond acceptors (Lipinski definition) is 4. The van der Waals surface area contributed by atoms with Crippen LogP contribution in [0.2, 0.25) is 0 Å². The summed E-state index contributed by atoms with van der Waals surface area (Å²) in [5.41, 5.74) is 1.46. The summed E-state index contributed by atoms with van der Waals surface area (Å²) in [7, 11) is 0. The van der Waals surface area contributed by atoms with Gasteiger partial charge in [-0.15, -0.1) is 0 Å². The summed E-state index contributed by atoms with van der Waals surface area (Å²) in [6.45, 7) is 7.04. The molecular weight excluding hydrogens is 272 g/mol. The molecule has 1 aromatic rings. The number of carbonyl (C=O) groups excluding carboxylic acids is 2. The molecule has 6 nitrogen and oxygen atoms in total. The molecule has 2 amide bonds. The maximum Gasteiger partial charge on any atom is 0.408 e. The summed E-state index contributed by atoms with van der Waals surface area (Å²) in [6.07, 6.45) is -0.350. The fourth-order valence-corrected chi connectivity index (χ4v) is 2.32. The number of hydroxylamine groups is 1. The van der Waals surface area contributed by atoms with Crippen LogP contribution >= 0.6 is 0 Å². The van der Waals surface area contributed by atoms with Gasteiger partial charge in [0.15, 0.2) is 0 Å². The third-order valence-electron chi connectivity index (χ3n) is 3.15. The SMILES string of the molecule is Cc1cccc2c1N(O)C(=O)[C@@H](NC(=O)OC(C)(C)C)C2. The minimum atomic E-state index is -0.834. The quantitative estimate of drug-likeness (QED) is 0.777.